The molecule has 10 heteroatoms. The number of thiazole rings is 1. The summed E-state index contributed by atoms with van der Waals surface area (Å²) >= 11 is 1.26. The number of carbonyl (C=O) groups is 2. The monoisotopic (exact) mass is 469 g/mol. The van der Waals surface area contributed by atoms with Crippen molar-refractivity contribution in [1.29, 1.82) is 0 Å². The number of hydrogen-bond donors (Lipinski definition) is 2. The number of rotatable bonds is 9. The number of aromatic nitrogens is 1. The molecule has 0 spiro atoms. The molecule has 4 rings (SSSR count). The van der Waals surface area contributed by atoms with Gasteiger partial charge >= 0.3 is 0 Å². The number of amides is 2. The van der Waals surface area contributed by atoms with Crippen molar-refractivity contribution in [2.24, 2.45) is 0 Å². The van der Waals surface area contributed by atoms with Crippen LogP contribution in [0.1, 0.15) is 21.6 Å². The number of nitrogens with one attached hydrogen (secondary N) is 2. The van der Waals surface area contributed by atoms with Crippen LogP contribution in [-0.2, 0) is 17.6 Å². The Kier molecular flexibility index (Phi) is 6.94. The highest BCUT2D eigenvalue weighted by molar-refractivity contribution is 7.14. The van der Waals surface area contributed by atoms with Crippen LogP contribution in [0.2, 0.25) is 0 Å². The number of methoxy groups -OCH3 is 2. The van der Waals surface area contributed by atoms with E-state index in [0.717, 1.165) is 5.56 Å². The molecular formula is C23H23N3O6S. The van der Waals surface area contributed by atoms with Crippen LogP contribution in [0.15, 0.2) is 41.8 Å². The smallest absolute Gasteiger partial charge is 0.257 e. The number of nitrogens with zero attached hydrogens (tertiary/aromatic N) is 1. The SMILES string of the molecule is COc1ccc(CCNC(=O)Cc2csc(NC(=O)c3ccc4c(c3)OCO4)n2)cc1OC. The van der Waals surface area contributed by atoms with Gasteiger partial charge in [-0.3, -0.25) is 14.9 Å². The fourth-order valence-corrected chi connectivity index (χ4v) is 3.97. The molecule has 172 valence electrons. The van der Waals surface area contributed by atoms with E-state index < -0.39 is 0 Å². The van der Waals surface area contributed by atoms with E-state index in [1.54, 1.807) is 37.8 Å². The topological polar surface area (TPSA) is 108 Å². The van der Waals surface area contributed by atoms with Crippen molar-refractivity contribution in [3.05, 3.63) is 58.6 Å². The van der Waals surface area contributed by atoms with Gasteiger partial charge in [0.25, 0.3) is 5.91 Å². The number of hydrogen-bond acceptors (Lipinski definition) is 8. The molecule has 9 nitrogen and oxygen atoms in total. The quantitative estimate of drug-likeness (QED) is 0.496. The van der Waals surface area contributed by atoms with Gasteiger partial charge in [-0.2, -0.15) is 0 Å². The molecule has 0 unspecified atom stereocenters. The predicted octanol–water partition coefficient (Wildman–Crippen LogP) is 3.04. The molecule has 3 aromatic rings. The lowest BCUT2D eigenvalue weighted by molar-refractivity contribution is -0.120. The molecule has 0 saturated heterocycles. The van der Waals surface area contributed by atoms with Crippen LogP contribution in [0, 0.1) is 0 Å². The van der Waals surface area contributed by atoms with Gasteiger partial charge in [0.05, 0.1) is 26.3 Å². The number of carbonyl (C=O) groups excluding carboxylic acids is 2. The van der Waals surface area contributed by atoms with Crippen molar-refractivity contribution in [1.82, 2.24) is 10.3 Å². The third kappa shape index (κ3) is 5.53. The summed E-state index contributed by atoms with van der Waals surface area (Å²) in [5.74, 6) is 2.00. The molecule has 0 bridgehead atoms. The van der Waals surface area contributed by atoms with E-state index in [2.05, 4.69) is 15.6 Å². The molecule has 2 heterocycles. The molecule has 2 aromatic carbocycles. The molecule has 1 aromatic heterocycles. The summed E-state index contributed by atoms with van der Waals surface area (Å²) in [7, 11) is 3.17. The molecule has 33 heavy (non-hydrogen) atoms. The standard InChI is InChI=1S/C23H23N3O6S/c1-29-17-5-3-14(9-19(17)30-2)7-8-24-21(27)11-16-12-33-23(25-16)26-22(28)15-4-6-18-20(10-15)32-13-31-18/h3-6,9-10,12H,7-8,11,13H2,1-2H3,(H,24,27)(H,25,26,28). The second-order valence-electron chi connectivity index (χ2n) is 7.13. The fraction of sp³-hybridized carbons (Fsp3) is 0.261. The van der Waals surface area contributed by atoms with Crippen LogP contribution in [-0.4, -0.2) is 44.4 Å². The van der Waals surface area contributed by atoms with Gasteiger partial charge in [0.1, 0.15) is 0 Å². The van der Waals surface area contributed by atoms with E-state index in [1.807, 2.05) is 18.2 Å². The molecule has 0 radical (unpaired) electrons. The zero-order chi connectivity index (χ0) is 23.2. The second kappa shape index (κ2) is 10.2. The molecule has 1 aliphatic rings. The number of anilines is 1. The van der Waals surface area contributed by atoms with Crippen LogP contribution in [0.3, 0.4) is 0 Å². The molecule has 0 atom stereocenters. The summed E-state index contributed by atoms with van der Waals surface area (Å²) in [4.78, 5) is 29.1. The zero-order valence-electron chi connectivity index (χ0n) is 18.2. The average Bonchev–Trinajstić information content (AvgIpc) is 3.47. The maximum Gasteiger partial charge on any atom is 0.257 e. The summed E-state index contributed by atoms with van der Waals surface area (Å²) in [5, 5.41) is 7.81. The van der Waals surface area contributed by atoms with Gasteiger partial charge in [-0.05, 0) is 42.3 Å². The zero-order valence-corrected chi connectivity index (χ0v) is 19.0. The Hall–Kier alpha value is -3.79. The third-order valence-electron chi connectivity index (χ3n) is 4.93. The van der Waals surface area contributed by atoms with Crippen LogP contribution in [0.25, 0.3) is 0 Å². The van der Waals surface area contributed by atoms with Crippen molar-refractivity contribution in [3.63, 3.8) is 0 Å². The predicted molar refractivity (Wildman–Crippen MR) is 123 cm³/mol. The minimum atomic E-state index is -0.312. The van der Waals surface area contributed by atoms with Gasteiger partial charge in [0, 0.05) is 17.5 Å². The molecular weight excluding hydrogens is 446 g/mol. The van der Waals surface area contributed by atoms with Gasteiger partial charge in [-0.25, -0.2) is 4.98 Å². The summed E-state index contributed by atoms with van der Waals surface area (Å²) in [5.41, 5.74) is 2.05. The molecule has 2 N–H and O–H groups in total. The Balaban J connectivity index is 1.25. The summed E-state index contributed by atoms with van der Waals surface area (Å²) in [6.45, 7) is 0.624. The van der Waals surface area contributed by atoms with Crippen LogP contribution in [0.4, 0.5) is 5.13 Å². The highest BCUT2D eigenvalue weighted by atomic mass is 32.1. The minimum Gasteiger partial charge on any atom is -0.493 e. The van der Waals surface area contributed by atoms with E-state index in [1.165, 1.54) is 11.3 Å². The number of fused-ring (bicyclic) bond motifs is 1. The Labute approximate surface area is 194 Å². The fourth-order valence-electron chi connectivity index (χ4n) is 3.26. The van der Waals surface area contributed by atoms with Crippen LogP contribution < -0.4 is 29.6 Å². The molecule has 0 saturated carbocycles. The number of benzene rings is 2. The van der Waals surface area contributed by atoms with Crippen molar-refractivity contribution in [2.75, 3.05) is 32.9 Å². The average molecular weight is 470 g/mol. The van der Waals surface area contributed by atoms with Gasteiger partial charge in [0.15, 0.2) is 28.1 Å². The van der Waals surface area contributed by atoms with Gasteiger partial charge < -0.3 is 24.3 Å². The van der Waals surface area contributed by atoms with E-state index in [-0.39, 0.29) is 25.0 Å². The first-order valence-corrected chi connectivity index (χ1v) is 11.1. The first kappa shape index (κ1) is 22.4. The van der Waals surface area contributed by atoms with Gasteiger partial charge in [0.2, 0.25) is 12.7 Å². The highest BCUT2D eigenvalue weighted by Crippen LogP contribution is 2.32. The molecule has 0 fully saturated rings. The lowest BCUT2D eigenvalue weighted by atomic mass is 10.1. The molecule has 2 amide bonds. The maximum atomic E-state index is 12.5. The normalized spacial score (nSPS) is 11.7. The maximum absolute atomic E-state index is 12.5. The summed E-state index contributed by atoms with van der Waals surface area (Å²) in [6.07, 6.45) is 0.780. The van der Waals surface area contributed by atoms with Crippen LogP contribution in [0.5, 0.6) is 23.0 Å². The lowest BCUT2D eigenvalue weighted by Crippen LogP contribution is -2.27. The van der Waals surface area contributed by atoms with Crippen molar-refractivity contribution < 1.29 is 28.5 Å². The Morgan fingerprint density at radius 1 is 1.06 bits per heavy atom. The lowest BCUT2D eigenvalue weighted by Gasteiger charge is -2.10. The first-order valence-electron chi connectivity index (χ1n) is 10.2. The van der Waals surface area contributed by atoms with E-state index >= 15 is 0 Å². The van der Waals surface area contributed by atoms with Crippen LogP contribution >= 0.6 is 11.3 Å². The minimum absolute atomic E-state index is 0.127. The first-order chi connectivity index (χ1) is 16.1. The van der Waals surface area contributed by atoms with Crippen molar-refractivity contribution >= 4 is 28.3 Å². The summed E-state index contributed by atoms with van der Waals surface area (Å²) in [6, 6.07) is 10.6. The van der Waals surface area contributed by atoms with Crippen molar-refractivity contribution in [3.8, 4) is 23.0 Å². The van der Waals surface area contributed by atoms with E-state index in [0.29, 0.717) is 52.4 Å². The van der Waals surface area contributed by atoms with Gasteiger partial charge in [-0.15, -0.1) is 11.3 Å². The third-order valence-corrected chi connectivity index (χ3v) is 5.74. The Morgan fingerprint density at radius 3 is 2.70 bits per heavy atom. The second-order valence-corrected chi connectivity index (χ2v) is 7.99. The Bertz CT molecular complexity index is 1160. The molecule has 1 aliphatic heterocycles. The van der Waals surface area contributed by atoms with E-state index in [9.17, 15) is 9.59 Å². The highest BCUT2D eigenvalue weighted by Gasteiger charge is 2.17. The van der Waals surface area contributed by atoms with Crippen molar-refractivity contribution in [2.45, 2.75) is 12.8 Å². The number of ether oxygens (including phenoxy) is 4. The van der Waals surface area contributed by atoms with E-state index in [4.69, 9.17) is 18.9 Å². The largest absolute Gasteiger partial charge is 0.493 e. The summed E-state index contributed by atoms with van der Waals surface area (Å²) < 4.78 is 21.1. The molecule has 0 aliphatic carbocycles. The van der Waals surface area contributed by atoms with Gasteiger partial charge in [-0.1, -0.05) is 6.07 Å². The Morgan fingerprint density at radius 2 is 1.88 bits per heavy atom.